The van der Waals surface area contributed by atoms with Crippen molar-refractivity contribution in [3.8, 4) is 0 Å². The van der Waals surface area contributed by atoms with Crippen molar-refractivity contribution in [2.24, 2.45) is 11.5 Å². The number of carbonyl (C=O) groups is 6. The zero-order valence-electron chi connectivity index (χ0n) is 16.8. The van der Waals surface area contributed by atoms with Crippen LogP contribution in [0.25, 0.3) is 0 Å². The molecule has 0 aromatic carbocycles. The molecular weight excluding hydrogens is 472 g/mol. The third-order valence-corrected chi connectivity index (χ3v) is 6.24. The molecule has 0 saturated carbocycles. The van der Waals surface area contributed by atoms with Crippen LogP contribution < -0.4 is 22.1 Å². The Hall–Kier alpha value is -2.56. The van der Waals surface area contributed by atoms with Gasteiger partial charge in [0.2, 0.25) is 11.8 Å². The standard InChI is InChI=1S/C16H26N4O10S2/c17-7(13(23)24)1-3-11(21)19-9(15(27)28)5-31-32-6-10(16(29)30)20-12(22)4-2-8(18)14(25)26/h7-10H,1-6,17-18H2,(H,19,21)(H,20,22)(H,23,24)(H,25,26)(H,27,28)(H,29,30). The highest BCUT2D eigenvalue weighted by molar-refractivity contribution is 8.76. The number of aliphatic carboxylic acids is 4. The molecule has 0 heterocycles. The molecule has 10 N–H and O–H groups in total. The van der Waals surface area contributed by atoms with E-state index in [2.05, 4.69) is 10.6 Å². The van der Waals surface area contributed by atoms with E-state index >= 15 is 0 Å². The van der Waals surface area contributed by atoms with Crippen LogP contribution >= 0.6 is 21.6 Å². The second-order valence-corrected chi connectivity index (χ2v) is 9.00. The van der Waals surface area contributed by atoms with Gasteiger partial charge in [0.1, 0.15) is 24.2 Å². The van der Waals surface area contributed by atoms with Crippen molar-refractivity contribution < 1.29 is 49.2 Å². The number of amides is 2. The van der Waals surface area contributed by atoms with Crippen LogP contribution in [0.15, 0.2) is 0 Å². The van der Waals surface area contributed by atoms with E-state index in [1.165, 1.54) is 0 Å². The summed E-state index contributed by atoms with van der Waals surface area (Å²) in [5.41, 5.74) is 10.5. The minimum atomic E-state index is -1.34. The molecule has 0 spiro atoms. The SMILES string of the molecule is NC(CCC(=O)NC(CSSCC(NC(=O)CCC(N)C(=O)O)C(=O)O)C(=O)O)C(=O)O. The summed E-state index contributed by atoms with van der Waals surface area (Å²) in [5.74, 6) is -6.92. The average Bonchev–Trinajstić information content (AvgIpc) is 2.70. The monoisotopic (exact) mass is 498 g/mol. The number of hydrogen-bond acceptors (Lipinski definition) is 10. The summed E-state index contributed by atoms with van der Waals surface area (Å²) >= 11 is 0. The molecule has 182 valence electrons. The van der Waals surface area contributed by atoms with Gasteiger partial charge >= 0.3 is 23.9 Å². The Balaban J connectivity index is 4.46. The third-order valence-electron chi connectivity index (χ3n) is 3.82. The fraction of sp³-hybridized carbons (Fsp3) is 0.625. The van der Waals surface area contributed by atoms with Crippen molar-refractivity contribution in [1.29, 1.82) is 0 Å². The van der Waals surface area contributed by atoms with Crippen LogP contribution in [0.3, 0.4) is 0 Å². The molecule has 16 heteroatoms. The van der Waals surface area contributed by atoms with Crippen molar-refractivity contribution in [3.63, 3.8) is 0 Å². The lowest BCUT2D eigenvalue weighted by atomic mass is 10.1. The summed E-state index contributed by atoms with van der Waals surface area (Å²) in [4.78, 5) is 67.4. The number of nitrogens with two attached hydrogens (primary N) is 2. The van der Waals surface area contributed by atoms with Crippen molar-refractivity contribution in [1.82, 2.24) is 10.6 Å². The van der Waals surface area contributed by atoms with Gasteiger partial charge in [0.25, 0.3) is 0 Å². The lowest BCUT2D eigenvalue weighted by Gasteiger charge is -2.16. The third kappa shape index (κ3) is 13.0. The second-order valence-electron chi connectivity index (χ2n) is 6.45. The topological polar surface area (TPSA) is 259 Å². The van der Waals surface area contributed by atoms with Crippen molar-refractivity contribution in [3.05, 3.63) is 0 Å². The van der Waals surface area contributed by atoms with E-state index in [4.69, 9.17) is 21.7 Å². The van der Waals surface area contributed by atoms with Gasteiger partial charge in [0.15, 0.2) is 0 Å². The quantitative estimate of drug-likeness (QED) is 0.0788. The predicted octanol–water partition coefficient (Wildman–Crippen LogP) is -2.11. The van der Waals surface area contributed by atoms with E-state index in [1.54, 1.807) is 0 Å². The minimum Gasteiger partial charge on any atom is -0.480 e. The number of carboxylic acids is 4. The molecule has 0 fully saturated rings. The Morgan fingerprint density at radius 3 is 1.19 bits per heavy atom. The highest BCUT2D eigenvalue weighted by atomic mass is 33.1. The van der Waals surface area contributed by atoms with Crippen LogP contribution in [-0.2, 0) is 28.8 Å². The molecule has 0 aromatic heterocycles. The van der Waals surface area contributed by atoms with Gasteiger partial charge in [-0.15, -0.1) is 0 Å². The van der Waals surface area contributed by atoms with Gasteiger partial charge in [-0.05, 0) is 12.8 Å². The fourth-order valence-electron chi connectivity index (χ4n) is 1.93. The first-order chi connectivity index (χ1) is 14.8. The smallest absolute Gasteiger partial charge is 0.327 e. The molecule has 32 heavy (non-hydrogen) atoms. The van der Waals surface area contributed by atoms with Crippen LogP contribution in [0.4, 0.5) is 0 Å². The molecule has 0 aliphatic carbocycles. The number of nitrogens with one attached hydrogen (secondary N) is 2. The number of hydrogen-bond donors (Lipinski definition) is 8. The number of carbonyl (C=O) groups excluding carboxylic acids is 2. The molecule has 0 bridgehead atoms. The maximum absolute atomic E-state index is 11.8. The van der Waals surface area contributed by atoms with E-state index < -0.39 is 59.9 Å². The first-order valence-corrected chi connectivity index (χ1v) is 11.6. The van der Waals surface area contributed by atoms with Gasteiger partial charge in [-0.3, -0.25) is 19.2 Å². The van der Waals surface area contributed by atoms with E-state index in [0.29, 0.717) is 0 Å². The molecular formula is C16H26N4O10S2. The van der Waals surface area contributed by atoms with E-state index in [9.17, 15) is 39.0 Å². The molecule has 0 saturated heterocycles. The normalized spacial score (nSPS) is 14.4. The molecule has 0 radical (unpaired) electrons. The molecule has 4 unspecified atom stereocenters. The lowest BCUT2D eigenvalue weighted by Crippen LogP contribution is -2.44. The minimum absolute atomic E-state index is 0.134. The summed E-state index contributed by atoms with van der Waals surface area (Å²) in [7, 11) is 1.89. The van der Waals surface area contributed by atoms with Gasteiger partial charge in [0, 0.05) is 24.3 Å². The van der Waals surface area contributed by atoms with Gasteiger partial charge in [-0.25, -0.2) is 9.59 Å². The molecule has 0 rings (SSSR count). The highest BCUT2D eigenvalue weighted by Crippen LogP contribution is 2.23. The van der Waals surface area contributed by atoms with Crippen LogP contribution in [0, 0.1) is 0 Å². The lowest BCUT2D eigenvalue weighted by molar-refractivity contribution is -0.141. The van der Waals surface area contributed by atoms with E-state index in [1.807, 2.05) is 0 Å². The zero-order valence-corrected chi connectivity index (χ0v) is 18.4. The van der Waals surface area contributed by atoms with Crippen molar-refractivity contribution in [2.45, 2.75) is 49.9 Å². The van der Waals surface area contributed by atoms with Crippen LogP contribution in [0.2, 0.25) is 0 Å². The van der Waals surface area contributed by atoms with E-state index in [-0.39, 0.29) is 37.2 Å². The van der Waals surface area contributed by atoms with Gasteiger partial charge in [-0.2, -0.15) is 0 Å². The average molecular weight is 499 g/mol. The highest BCUT2D eigenvalue weighted by Gasteiger charge is 2.24. The zero-order chi connectivity index (χ0) is 24.8. The first kappa shape index (κ1) is 29.4. The van der Waals surface area contributed by atoms with Gasteiger partial charge in [-0.1, -0.05) is 21.6 Å². The summed E-state index contributed by atoms with van der Waals surface area (Å²) in [6.07, 6.45) is -0.916. The number of rotatable bonds is 17. The molecule has 14 nitrogen and oxygen atoms in total. The van der Waals surface area contributed by atoms with Crippen molar-refractivity contribution >= 4 is 57.3 Å². The Kier molecular flexibility index (Phi) is 14.1. The summed E-state index contributed by atoms with van der Waals surface area (Å²) < 4.78 is 0. The predicted molar refractivity (Wildman–Crippen MR) is 114 cm³/mol. The van der Waals surface area contributed by atoms with Crippen LogP contribution in [0.5, 0.6) is 0 Å². The molecule has 2 amide bonds. The van der Waals surface area contributed by atoms with Crippen LogP contribution in [-0.4, -0.2) is 91.8 Å². The molecule has 0 aromatic rings. The Labute approximate surface area is 190 Å². The second kappa shape index (κ2) is 15.3. The van der Waals surface area contributed by atoms with Gasteiger partial charge in [0.05, 0.1) is 0 Å². The number of carboxylic acid groups (broad SMARTS) is 4. The van der Waals surface area contributed by atoms with E-state index in [0.717, 1.165) is 21.6 Å². The summed E-state index contributed by atoms with van der Waals surface area (Å²) in [6.45, 7) is 0. The van der Waals surface area contributed by atoms with Crippen molar-refractivity contribution in [2.75, 3.05) is 11.5 Å². The maximum Gasteiger partial charge on any atom is 0.327 e. The van der Waals surface area contributed by atoms with Crippen LogP contribution in [0.1, 0.15) is 25.7 Å². The molecule has 0 aliphatic heterocycles. The van der Waals surface area contributed by atoms with Gasteiger partial charge < -0.3 is 42.5 Å². The Bertz CT molecular complexity index is 650. The Morgan fingerprint density at radius 1 is 0.625 bits per heavy atom. The summed E-state index contributed by atoms with van der Waals surface area (Å²) in [6, 6.07) is -5.12. The summed E-state index contributed by atoms with van der Waals surface area (Å²) in [5, 5.41) is 40.2. The first-order valence-electron chi connectivity index (χ1n) is 9.10. The fourth-order valence-corrected chi connectivity index (χ4v) is 4.25. The molecule has 4 atom stereocenters. The Morgan fingerprint density at radius 2 is 0.938 bits per heavy atom. The maximum atomic E-state index is 11.8. The molecule has 0 aliphatic rings. The largest absolute Gasteiger partial charge is 0.480 e.